The second-order valence-corrected chi connectivity index (χ2v) is 8.65. The van der Waals surface area contributed by atoms with Crippen molar-refractivity contribution < 1.29 is 9.21 Å². The van der Waals surface area contributed by atoms with Crippen molar-refractivity contribution in [3.05, 3.63) is 53.8 Å². The second-order valence-electron chi connectivity index (χ2n) is 8.65. The number of pyridine rings is 1. The number of hydrogen-bond acceptors (Lipinski definition) is 7. The van der Waals surface area contributed by atoms with Gasteiger partial charge in [0.2, 0.25) is 0 Å². The molecular formula is C24H27N7O2. The van der Waals surface area contributed by atoms with E-state index in [0.29, 0.717) is 48.8 Å². The van der Waals surface area contributed by atoms with Gasteiger partial charge in [-0.25, -0.2) is 19.6 Å². The number of hydrogen-bond donors (Lipinski definition) is 0. The lowest BCUT2D eigenvalue weighted by Gasteiger charge is -2.35. The molecule has 4 aromatic heterocycles. The molecule has 5 heterocycles. The standard InChI is InChI=1S/C24H27N7O2/c1-15(2)31-23-19(14-25-31)18(13-20(28-23)21-6-5-11-33-21)24(32)30-9-7-29(8-10-30)22-12-16(3)26-17(4)27-22/h5-6,11-15H,7-10H2,1-4H3. The van der Waals surface area contributed by atoms with Crippen molar-refractivity contribution >= 4 is 22.8 Å². The summed E-state index contributed by atoms with van der Waals surface area (Å²) in [6, 6.07) is 7.60. The maximum absolute atomic E-state index is 13.7. The normalized spacial score (nSPS) is 14.5. The van der Waals surface area contributed by atoms with Crippen molar-refractivity contribution in [1.82, 2.24) is 29.6 Å². The van der Waals surface area contributed by atoms with Gasteiger partial charge in [-0.15, -0.1) is 0 Å². The SMILES string of the molecule is Cc1cc(N2CCN(C(=O)c3cc(-c4ccco4)nc4c3cnn4C(C)C)CC2)nc(C)n1. The monoisotopic (exact) mass is 445 g/mol. The summed E-state index contributed by atoms with van der Waals surface area (Å²) in [7, 11) is 0. The van der Waals surface area contributed by atoms with Gasteiger partial charge < -0.3 is 14.2 Å². The molecule has 33 heavy (non-hydrogen) atoms. The predicted octanol–water partition coefficient (Wildman–Crippen LogP) is 3.64. The number of rotatable bonds is 4. The van der Waals surface area contributed by atoms with Crippen molar-refractivity contribution in [2.75, 3.05) is 31.1 Å². The number of fused-ring (bicyclic) bond motifs is 1. The minimum absolute atomic E-state index is 0.0202. The highest BCUT2D eigenvalue weighted by Crippen LogP contribution is 2.28. The number of aromatic nitrogens is 5. The van der Waals surface area contributed by atoms with Crippen LogP contribution < -0.4 is 4.90 Å². The van der Waals surface area contributed by atoms with Crippen LogP contribution in [0.1, 0.15) is 41.8 Å². The average molecular weight is 446 g/mol. The third kappa shape index (κ3) is 3.94. The van der Waals surface area contributed by atoms with E-state index < -0.39 is 0 Å². The van der Waals surface area contributed by atoms with E-state index in [1.165, 1.54) is 0 Å². The first kappa shape index (κ1) is 21.1. The van der Waals surface area contributed by atoms with Gasteiger partial charge >= 0.3 is 0 Å². The molecule has 0 unspecified atom stereocenters. The lowest BCUT2D eigenvalue weighted by atomic mass is 10.1. The molecule has 0 atom stereocenters. The Morgan fingerprint density at radius 1 is 1.06 bits per heavy atom. The van der Waals surface area contributed by atoms with E-state index in [-0.39, 0.29) is 11.9 Å². The minimum Gasteiger partial charge on any atom is -0.463 e. The first-order valence-electron chi connectivity index (χ1n) is 11.2. The van der Waals surface area contributed by atoms with Gasteiger partial charge in [-0.2, -0.15) is 5.10 Å². The van der Waals surface area contributed by atoms with Crippen molar-refractivity contribution in [1.29, 1.82) is 0 Å². The topological polar surface area (TPSA) is 93.2 Å². The van der Waals surface area contributed by atoms with Gasteiger partial charge in [0, 0.05) is 44.0 Å². The number of piperazine rings is 1. The number of anilines is 1. The summed E-state index contributed by atoms with van der Waals surface area (Å²) in [6.45, 7) is 10.6. The Hall–Kier alpha value is -3.75. The smallest absolute Gasteiger partial charge is 0.254 e. The molecule has 0 aliphatic carbocycles. The summed E-state index contributed by atoms with van der Waals surface area (Å²) in [5.41, 5.74) is 2.86. The maximum Gasteiger partial charge on any atom is 0.254 e. The van der Waals surface area contributed by atoms with Crippen LogP contribution in [0.4, 0.5) is 5.82 Å². The van der Waals surface area contributed by atoms with Crippen LogP contribution in [0.3, 0.4) is 0 Å². The van der Waals surface area contributed by atoms with E-state index in [4.69, 9.17) is 9.40 Å². The van der Waals surface area contributed by atoms with Gasteiger partial charge in [0.05, 0.1) is 23.4 Å². The summed E-state index contributed by atoms with van der Waals surface area (Å²) in [5, 5.41) is 5.26. The molecule has 0 saturated carbocycles. The fourth-order valence-electron chi connectivity index (χ4n) is 4.29. The fraction of sp³-hybridized carbons (Fsp3) is 0.375. The summed E-state index contributed by atoms with van der Waals surface area (Å²) >= 11 is 0. The van der Waals surface area contributed by atoms with Crippen molar-refractivity contribution in [2.24, 2.45) is 0 Å². The molecule has 1 aliphatic heterocycles. The highest BCUT2D eigenvalue weighted by Gasteiger charge is 2.27. The Morgan fingerprint density at radius 3 is 2.52 bits per heavy atom. The number of amides is 1. The van der Waals surface area contributed by atoms with Crippen LogP contribution in [0.2, 0.25) is 0 Å². The van der Waals surface area contributed by atoms with Crippen LogP contribution in [-0.2, 0) is 0 Å². The number of carbonyl (C=O) groups is 1. The third-order valence-corrected chi connectivity index (χ3v) is 5.90. The van der Waals surface area contributed by atoms with E-state index in [1.54, 1.807) is 12.5 Å². The van der Waals surface area contributed by atoms with Crippen LogP contribution in [0.5, 0.6) is 0 Å². The molecular weight excluding hydrogens is 418 g/mol. The van der Waals surface area contributed by atoms with Gasteiger partial charge in [0.25, 0.3) is 5.91 Å². The Labute approximate surface area is 192 Å². The highest BCUT2D eigenvalue weighted by molar-refractivity contribution is 6.06. The molecule has 9 nitrogen and oxygen atoms in total. The molecule has 1 fully saturated rings. The predicted molar refractivity (Wildman–Crippen MR) is 125 cm³/mol. The first-order valence-corrected chi connectivity index (χ1v) is 11.2. The molecule has 1 aliphatic rings. The Kier molecular flexibility index (Phi) is 5.32. The summed E-state index contributed by atoms with van der Waals surface area (Å²) in [5.74, 6) is 2.28. The summed E-state index contributed by atoms with van der Waals surface area (Å²) in [6.07, 6.45) is 3.35. The van der Waals surface area contributed by atoms with Gasteiger partial charge in [0.15, 0.2) is 11.4 Å². The molecule has 170 valence electrons. The molecule has 0 bridgehead atoms. The number of aryl methyl sites for hydroxylation is 2. The quantitative estimate of drug-likeness (QED) is 0.473. The molecule has 0 spiro atoms. The Balaban J connectivity index is 1.45. The number of carbonyl (C=O) groups excluding carboxylic acids is 1. The maximum atomic E-state index is 13.7. The molecule has 9 heteroatoms. The summed E-state index contributed by atoms with van der Waals surface area (Å²) in [4.78, 5) is 31.5. The van der Waals surface area contributed by atoms with Crippen LogP contribution in [0.25, 0.3) is 22.5 Å². The average Bonchev–Trinajstić information content (AvgIpc) is 3.47. The lowest BCUT2D eigenvalue weighted by molar-refractivity contribution is 0.0748. The van der Waals surface area contributed by atoms with Gasteiger partial charge in [-0.3, -0.25) is 4.79 Å². The molecule has 0 aromatic carbocycles. The van der Waals surface area contributed by atoms with E-state index in [1.807, 2.05) is 61.5 Å². The van der Waals surface area contributed by atoms with Crippen molar-refractivity contribution in [3.8, 4) is 11.5 Å². The van der Waals surface area contributed by atoms with Crippen molar-refractivity contribution in [2.45, 2.75) is 33.7 Å². The van der Waals surface area contributed by atoms with Crippen LogP contribution in [-0.4, -0.2) is 61.7 Å². The molecule has 1 amide bonds. The first-order chi connectivity index (χ1) is 15.9. The number of furan rings is 1. The zero-order chi connectivity index (χ0) is 23.1. The largest absolute Gasteiger partial charge is 0.463 e. The van der Waals surface area contributed by atoms with E-state index >= 15 is 0 Å². The third-order valence-electron chi connectivity index (χ3n) is 5.90. The van der Waals surface area contributed by atoms with Gasteiger partial charge in [-0.1, -0.05) is 0 Å². The van der Waals surface area contributed by atoms with Crippen LogP contribution in [0.15, 0.2) is 41.1 Å². The number of nitrogens with zero attached hydrogens (tertiary/aromatic N) is 7. The van der Waals surface area contributed by atoms with Crippen LogP contribution in [0, 0.1) is 13.8 Å². The van der Waals surface area contributed by atoms with E-state index in [0.717, 1.165) is 22.7 Å². The fourth-order valence-corrected chi connectivity index (χ4v) is 4.29. The molecule has 0 N–H and O–H groups in total. The van der Waals surface area contributed by atoms with Crippen LogP contribution >= 0.6 is 0 Å². The summed E-state index contributed by atoms with van der Waals surface area (Å²) < 4.78 is 7.42. The van der Waals surface area contributed by atoms with Gasteiger partial charge in [0.1, 0.15) is 17.3 Å². The Bertz CT molecular complexity index is 1280. The van der Waals surface area contributed by atoms with E-state index in [9.17, 15) is 4.79 Å². The lowest BCUT2D eigenvalue weighted by Crippen LogP contribution is -2.49. The second kappa shape index (κ2) is 8.31. The highest BCUT2D eigenvalue weighted by atomic mass is 16.3. The molecule has 5 rings (SSSR count). The zero-order valence-corrected chi connectivity index (χ0v) is 19.3. The zero-order valence-electron chi connectivity index (χ0n) is 19.3. The molecule has 0 radical (unpaired) electrons. The molecule has 4 aromatic rings. The Morgan fingerprint density at radius 2 is 1.85 bits per heavy atom. The minimum atomic E-state index is -0.0202. The van der Waals surface area contributed by atoms with E-state index in [2.05, 4.69) is 20.0 Å². The van der Waals surface area contributed by atoms with Crippen molar-refractivity contribution in [3.63, 3.8) is 0 Å². The molecule has 1 saturated heterocycles. The van der Waals surface area contributed by atoms with Gasteiger partial charge in [-0.05, 0) is 45.9 Å².